The van der Waals surface area contributed by atoms with E-state index < -0.39 is 0 Å². The van der Waals surface area contributed by atoms with Gasteiger partial charge in [-0.1, -0.05) is 36.4 Å². The first-order chi connectivity index (χ1) is 9.27. The molecule has 1 aliphatic heterocycles. The minimum absolute atomic E-state index is 0.0526. The summed E-state index contributed by atoms with van der Waals surface area (Å²) in [5, 5.41) is 0. The van der Waals surface area contributed by atoms with Crippen LogP contribution in [0, 0.1) is 6.92 Å². The summed E-state index contributed by atoms with van der Waals surface area (Å²) in [4.78, 5) is 12.7. The Balaban J connectivity index is 2.08. The van der Waals surface area contributed by atoms with Crippen LogP contribution in [0.25, 0.3) is 0 Å². The Bertz CT molecular complexity index is 629. The topological polar surface area (TPSA) is 26.3 Å². The molecule has 0 spiro atoms. The van der Waals surface area contributed by atoms with Crippen LogP contribution in [0.3, 0.4) is 0 Å². The van der Waals surface area contributed by atoms with Gasteiger partial charge in [0.2, 0.25) is 0 Å². The number of carbonyl (C=O) groups excluding carboxylic acids is 1. The number of rotatable bonds is 2. The van der Waals surface area contributed by atoms with E-state index in [0.29, 0.717) is 12.2 Å². The molecule has 2 aromatic carbocycles. The van der Waals surface area contributed by atoms with Gasteiger partial charge in [0.25, 0.3) is 0 Å². The third-order valence-electron chi connectivity index (χ3n) is 3.57. The zero-order chi connectivity index (χ0) is 13.2. The predicted octanol–water partition coefficient (Wildman–Crippen LogP) is 3.55. The highest BCUT2D eigenvalue weighted by molar-refractivity contribution is 6.11. The number of hydrogen-bond donors (Lipinski definition) is 0. The van der Waals surface area contributed by atoms with Crippen LogP contribution in [0.5, 0.6) is 5.75 Å². The minimum atomic E-state index is 0.0526. The van der Waals surface area contributed by atoms with Crippen molar-refractivity contribution >= 4 is 5.78 Å². The fourth-order valence-corrected chi connectivity index (χ4v) is 2.54. The van der Waals surface area contributed by atoms with Crippen molar-refractivity contribution in [3.8, 4) is 5.75 Å². The molecule has 0 bridgehead atoms. The Hall–Kier alpha value is -2.09. The molecule has 3 rings (SSSR count). The van der Waals surface area contributed by atoms with Crippen LogP contribution in [0.2, 0.25) is 0 Å². The van der Waals surface area contributed by atoms with Crippen molar-refractivity contribution in [2.45, 2.75) is 19.8 Å². The molecule has 2 aromatic rings. The smallest absolute Gasteiger partial charge is 0.197 e. The second-order valence-corrected chi connectivity index (χ2v) is 4.89. The van der Waals surface area contributed by atoms with Crippen LogP contribution in [-0.2, 0) is 6.42 Å². The lowest BCUT2D eigenvalue weighted by molar-refractivity contribution is 0.103. The van der Waals surface area contributed by atoms with Gasteiger partial charge in [0, 0.05) is 5.56 Å². The first-order valence-corrected chi connectivity index (χ1v) is 6.62. The number of para-hydroxylation sites is 1. The number of aryl methyl sites for hydroxylation is 2. The third kappa shape index (κ3) is 2.14. The van der Waals surface area contributed by atoms with E-state index in [1.807, 2.05) is 49.4 Å². The van der Waals surface area contributed by atoms with Crippen LogP contribution < -0.4 is 4.74 Å². The van der Waals surface area contributed by atoms with Crippen LogP contribution in [0.1, 0.15) is 33.5 Å². The maximum Gasteiger partial charge on any atom is 0.197 e. The van der Waals surface area contributed by atoms with E-state index in [-0.39, 0.29) is 5.78 Å². The summed E-state index contributed by atoms with van der Waals surface area (Å²) in [5.41, 5.74) is 3.59. The van der Waals surface area contributed by atoms with E-state index in [1.54, 1.807) is 0 Å². The Morgan fingerprint density at radius 2 is 1.84 bits per heavy atom. The highest BCUT2D eigenvalue weighted by Crippen LogP contribution is 2.30. The molecule has 0 N–H and O–H groups in total. The zero-order valence-corrected chi connectivity index (χ0v) is 11.0. The van der Waals surface area contributed by atoms with Gasteiger partial charge in [-0.15, -0.1) is 0 Å². The molecule has 0 aromatic heterocycles. The molecule has 0 amide bonds. The number of benzene rings is 2. The fourth-order valence-electron chi connectivity index (χ4n) is 2.54. The van der Waals surface area contributed by atoms with Crippen LogP contribution in [0.4, 0.5) is 0 Å². The second kappa shape index (κ2) is 4.88. The van der Waals surface area contributed by atoms with Crippen LogP contribution >= 0.6 is 0 Å². The molecule has 0 radical (unpaired) electrons. The van der Waals surface area contributed by atoms with Crippen molar-refractivity contribution in [1.29, 1.82) is 0 Å². The van der Waals surface area contributed by atoms with E-state index in [0.717, 1.165) is 35.3 Å². The van der Waals surface area contributed by atoms with E-state index in [4.69, 9.17) is 4.74 Å². The minimum Gasteiger partial charge on any atom is -0.493 e. The highest BCUT2D eigenvalue weighted by Gasteiger charge is 2.20. The first-order valence-electron chi connectivity index (χ1n) is 6.62. The molecule has 2 nitrogen and oxygen atoms in total. The van der Waals surface area contributed by atoms with Gasteiger partial charge >= 0.3 is 0 Å². The van der Waals surface area contributed by atoms with Crippen molar-refractivity contribution in [3.63, 3.8) is 0 Å². The Morgan fingerprint density at radius 1 is 1.05 bits per heavy atom. The van der Waals surface area contributed by atoms with E-state index in [1.165, 1.54) is 0 Å². The summed E-state index contributed by atoms with van der Waals surface area (Å²) < 4.78 is 5.72. The van der Waals surface area contributed by atoms with Crippen molar-refractivity contribution < 1.29 is 9.53 Å². The summed E-state index contributed by atoms with van der Waals surface area (Å²) in [6, 6.07) is 13.5. The summed E-state index contributed by atoms with van der Waals surface area (Å²) in [5.74, 6) is 0.832. The highest BCUT2D eigenvalue weighted by atomic mass is 16.5. The van der Waals surface area contributed by atoms with E-state index in [9.17, 15) is 4.79 Å². The van der Waals surface area contributed by atoms with Gasteiger partial charge in [-0.05, 0) is 37.0 Å². The lowest BCUT2D eigenvalue weighted by Gasteiger charge is -2.20. The number of hydrogen-bond acceptors (Lipinski definition) is 2. The van der Waals surface area contributed by atoms with Crippen molar-refractivity contribution in [2.24, 2.45) is 0 Å². The van der Waals surface area contributed by atoms with Crippen LogP contribution in [-0.4, -0.2) is 12.4 Å². The SMILES string of the molecule is Cc1ccccc1C(=O)c1cccc2c1OCCC2. The van der Waals surface area contributed by atoms with Gasteiger partial charge in [-0.3, -0.25) is 4.79 Å². The van der Waals surface area contributed by atoms with Gasteiger partial charge in [0.15, 0.2) is 5.78 Å². The Kier molecular flexibility index (Phi) is 3.08. The predicted molar refractivity (Wildman–Crippen MR) is 74.9 cm³/mol. The molecular weight excluding hydrogens is 236 g/mol. The standard InChI is InChI=1S/C17H16O2/c1-12-6-2-3-9-14(12)16(18)15-10-4-7-13-8-5-11-19-17(13)15/h2-4,6-7,9-10H,5,8,11H2,1H3. The van der Waals surface area contributed by atoms with Crippen molar-refractivity contribution in [2.75, 3.05) is 6.61 Å². The number of carbonyl (C=O) groups is 1. The van der Waals surface area contributed by atoms with Gasteiger partial charge in [-0.2, -0.15) is 0 Å². The average molecular weight is 252 g/mol. The van der Waals surface area contributed by atoms with Crippen molar-refractivity contribution in [3.05, 3.63) is 64.7 Å². The van der Waals surface area contributed by atoms with Gasteiger partial charge < -0.3 is 4.74 Å². The molecule has 0 saturated carbocycles. The molecular formula is C17H16O2. The summed E-state index contributed by atoms with van der Waals surface area (Å²) in [6.07, 6.45) is 2.01. The lowest BCUT2D eigenvalue weighted by atomic mass is 9.95. The molecule has 0 saturated heterocycles. The zero-order valence-electron chi connectivity index (χ0n) is 11.0. The monoisotopic (exact) mass is 252 g/mol. The Labute approximate surface area is 113 Å². The quantitative estimate of drug-likeness (QED) is 0.764. The fraction of sp³-hybridized carbons (Fsp3) is 0.235. The first kappa shape index (κ1) is 12.0. The van der Waals surface area contributed by atoms with Gasteiger partial charge in [0.1, 0.15) is 5.75 Å². The number of ketones is 1. The number of ether oxygens (including phenoxy) is 1. The Morgan fingerprint density at radius 3 is 2.68 bits per heavy atom. The third-order valence-corrected chi connectivity index (χ3v) is 3.57. The summed E-state index contributed by atoms with van der Waals surface area (Å²) in [7, 11) is 0. The average Bonchev–Trinajstić information content (AvgIpc) is 2.46. The molecule has 0 atom stereocenters. The van der Waals surface area contributed by atoms with E-state index in [2.05, 4.69) is 0 Å². The molecule has 1 aliphatic rings. The summed E-state index contributed by atoms with van der Waals surface area (Å²) >= 11 is 0. The van der Waals surface area contributed by atoms with Gasteiger partial charge in [0.05, 0.1) is 12.2 Å². The number of fused-ring (bicyclic) bond motifs is 1. The molecule has 0 fully saturated rings. The van der Waals surface area contributed by atoms with E-state index >= 15 is 0 Å². The van der Waals surface area contributed by atoms with Crippen LogP contribution in [0.15, 0.2) is 42.5 Å². The molecule has 2 heteroatoms. The molecule has 0 aliphatic carbocycles. The normalized spacial score (nSPS) is 13.5. The molecule has 96 valence electrons. The molecule has 0 unspecified atom stereocenters. The lowest BCUT2D eigenvalue weighted by Crippen LogP contribution is -2.13. The second-order valence-electron chi connectivity index (χ2n) is 4.89. The summed E-state index contributed by atoms with van der Waals surface area (Å²) in [6.45, 7) is 2.66. The molecule has 1 heterocycles. The maximum absolute atomic E-state index is 12.7. The largest absolute Gasteiger partial charge is 0.493 e. The maximum atomic E-state index is 12.7. The van der Waals surface area contributed by atoms with Crippen molar-refractivity contribution in [1.82, 2.24) is 0 Å². The van der Waals surface area contributed by atoms with Gasteiger partial charge in [-0.25, -0.2) is 0 Å². The molecule has 19 heavy (non-hydrogen) atoms.